The fourth-order valence-corrected chi connectivity index (χ4v) is 3.06. The molecular formula is C18H18F4N2O4S. The highest BCUT2D eigenvalue weighted by Crippen LogP contribution is 2.26. The van der Waals surface area contributed by atoms with Crippen molar-refractivity contribution < 1.29 is 35.9 Å². The minimum absolute atomic E-state index is 0.177. The van der Waals surface area contributed by atoms with Gasteiger partial charge in [-0.2, -0.15) is 8.78 Å². The van der Waals surface area contributed by atoms with Gasteiger partial charge in [-0.3, -0.25) is 9.78 Å². The van der Waals surface area contributed by atoms with Crippen LogP contribution >= 0.6 is 0 Å². The molecule has 29 heavy (non-hydrogen) atoms. The van der Waals surface area contributed by atoms with Crippen molar-refractivity contribution in [3.63, 3.8) is 0 Å². The molecule has 0 aliphatic heterocycles. The third-order valence-corrected chi connectivity index (χ3v) is 5.05. The number of aliphatic hydroxyl groups is 1. The number of nitrogens with zero attached hydrogens (tertiary/aromatic N) is 1. The lowest BCUT2D eigenvalue weighted by molar-refractivity contribution is -0.133. The van der Waals surface area contributed by atoms with E-state index in [0.717, 1.165) is 6.26 Å². The molecular weight excluding hydrogens is 416 g/mol. The Morgan fingerprint density at radius 1 is 1.10 bits per heavy atom. The summed E-state index contributed by atoms with van der Waals surface area (Å²) in [5, 5.41) is 11.9. The van der Waals surface area contributed by atoms with Crippen molar-refractivity contribution in [1.82, 2.24) is 10.3 Å². The van der Waals surface area contributed by atoms with Gasteiger partial charge in [0.15, 0.2) is 9.84 Å². The van der Waals surface area contributed by atoms with Gasteiger partial charge in [0.2, 0.25) is 5.50 Å². The number of pyridine rings is 1. The molecule has 2 rings (SSSR count). The van der Waals surface area contributed by atoms with Crippen LogP contribution in [0.1, 0.15) is 22.9 Å². The maximum atomic E-state index is 13.8. The highest BCUT2D eigenvalue weighted by molar-refractivity contribution is 7.90. The number of alkyl halides is 4. The fraction of sp³-hybridized carbons (Fsp3) is 0.333. The van der Waals surface area contributed by atoms with Crippen molar-refractivity contribution >= 4 is 15.7 Å². The van der Waals surface area contributed by atoms with Crippen molar-refractivity contribution in [2.24, 2.45) is 0 Å². The topological polar surface area (TPSA) is 96.4 Å². The van der Waals surface area contributed by atoms with E-state index in [1.54, 1.807) is 5.32 Å². The monoisotopic (exact) mass is 434 g/mol. The van der Waals surface area contributed by atoms with Crippen molar-refractivity contribution in [2.75, 3.05) is 12.9 Å². The average Bonchev–Trinajstić information content (AvgIpc) is 2.70. The second kappa shape index (κ2) is 9.31. The number of benzene rings is 1. The zero-order valence-electron chi connectivity index (χ0n) is 15.1. The minimum atomic E-state index is -3.94. The van der Waals surface area contributed by atoms with Gasteiger partial charge in [0, 0.05) is 18.0 Å². The summed E-state index contributed by atoms with van der Waals surface area (Å²) in [7, 11) is -3.94. The predicted molar refractivity (Wildman–Crippen MR) is 97.2 cm³/mol. The summed E-state index contributed by atoms with van der Waals surface area (Å²) >= 11 is 0. The molecule has 0 spiro atoms. The third-order valence-electron chi connectivity index (χ3n) is 4.05. The largest absolute Gasteiger partial charge is 0.386 e. The highest BCUT2D eigenvalue weighted by atomic mass is 32.2. The molecule has 2 N–H and O–H groups in total. The number of hydrogen-bond acceptors (Lipinski definition) is 5. The minimum Gasteiger partial charge on any atom is -0.386 e. The normalized spacial score (nSPS) is 15.0. The van der Waals surface area contributed by atoms with E-state index in [0.29, 0.717) is 11.1 Å². The summed E-state index contributed by atoms with van der Waals surface area (Å²) < 4.78 is 73.9. The van der Waals surface area contributed by atoms with Gasteiger partial charge < -0.3 is 10.4 Å². The molecule has 0 fully saturated rings. The number of carbonyl (C=O) groups is 1. The molecule has 0 aliphatic rings. The van der Waals surface area contributed by atoms with Crippen LogP contribution in [0.15, 0.2) is 42.6 Å². The lowest BCUT2D eigenvalue weighted by Crippen LogP contribution is -2.43. The Morgan fingerprint density at radius 2 is 1.69 bits per heavy atom. The molecule has 3 atom stereocenters. The van der Waals surface area contributed by atoms with Gasteiger partial charge in [-0.25, -0.2) is 17.2 Å². The molecule has 6 nitrogen and oxygen atoms in total. The summed E-state index contributed by atoms with van der Waals surface area (Å²) in [6, 6.07) is 6.98. The van der Waals surface area contributed by atoms with Crippen molar-refractivity contribution in [3.05, 3.63) is 53.9 Å². The lowest BCUT2D eigenvalue weighted by atomic mass is 9.99. The van der Waals surface area contributed by atoms with Crippen molar-refractivity contribution in [1.29, 1.82) is 0 Å². The van der Waals surface area contributed by atoms with Gasteiger partial charge in [0.1, 0.15) is 12.8 Å². The molecule has 0 saturated heterocycles. The van der Waals surface area contributed by atoms with Crippen LogP contribution < -0.4 is 5.32 Å². The first kappa shape index (κ1) is 22.8. The molecule has 11 heteroatoms. The molecule has 1 aromatic heterocycles. The highest BCUT2D eigenvalue weighted by Gasteiger charge is 2.26. The van der Waals surface area contributed by atoms with Gasteiger partial charge in [-0.05, 0) is 17.2 Å². The predicted octanol–water partition coefficient (Wildman–Crippen LogP) is 2.51. The second-order valence-corrected chi connectivity index (χ2v) is 8.33. The molecule has 1 heterocycles. The van der Waals surface area contributed by atoms with Crippen LogP contribution in [0, 0.1) is 0 Å². The van der Waals surface area contributed by atoms with Crippen LogP contribution in [0.5, 0.6) is 0 Å². The molecule has 0 aliphatic carbocycles. The van der Waals surface area contributed by atoms with Crippen LogP contribution in [-0.2, 0) is 14.6 Å². The van der Waals surface area contributed by atoms with E-state index in [-0.39, 0.29) is 11.3 Å². The zero-order chi connectivity index (χ0) is 21.8. The van der Waals surface area contributed by atoms with Crippen LogP contribution in [0.3, 0.4) is 0 Å². The van der Waals surface area contributed by atoms with Gasteiger partial charge in [-0.15, -0.1) is 0 Å². The number of aliphatic hydroxyl groups excluding tert-OH is 1. The summed E-state index contributed by atoms with van der Waals surface area (Å²) in [4.78, 5) is 14.8. The molecule has 2 aromatic rings. The van der Waals surface area contributed by atoms with E-state index in [2.05, 4.69) is 4.98 Å². The van der Waals surface area contributed by atoms with E-state index in [4.69, 9.17) is 0 Å². The second-order valence-electron chi connectivity index (χ2n) is 6.25. The molecule has 0 saturated carbocycles. The maximum Gasteiger partial charge on any atom is 0.315 e. The number of rotatable bonds is 8. The number of hydrogen-bond donors (Lipinski definition) is 2. The first-order chi connectivity index (χ1) is 13.5. The molecule has 1 aromatic carbocycles. The Morgan fingerprint density at radius 3 is 2.14 bits per heavy atom. The van der Waals surface area contributed by atoms with Crippen LogP contribution in [0.25, 0.3) is 11.1 Å². The number of carbonyl (C=O) groups excluding carboxylic acids is 1. The van der Waals surface area contributed by atoms with Crippen LogP contribution in [0.2, 0.25) is 0 Å². The van der Waals surface area contributed by atoms with Gasteiger partial charge in [0.05, 0.1) is 11.7 Å². The SMILES string of the molecule is CS(=O)(=O)C(F)c1ccc(-c2ccc([C@H](O)[C@@H](CF)NC(=O)C(F)F)cc2)cn1. The number of amides is 1. The van der Waals surface area contributed by atoms with Crippen molar-refractivity contribution in [2.45, 2.75) is 24.1 Å². The smallest absolute Gasteiger partial charge is 0.315 e. The average molecular weight is 434 g/mol. The third kappa shape index (κ3) is 5.73. The number of nitrogens with one attached hydrogen (secondary N) is 1. The van der Waals surface area contributed by atoms with E-state index in [1.165, 1.54) is 42.6 Å². The Kier molecular flexibility index (Phi) is 7.31. The Bertz CT molecular complexity index is 937. The molecule has 1 amide bonds. The van der Waals surface area contributed by atoms with Gasteiger partial charge >= 0.3 is 6.43 Å². The Balaban J connectivity index is 2.16. The number of sulfone groups is 1. The molecule has 0 bridgehead atoms. The van der Waals surface area contributed by atoms with Gasteiger partial charge in [-0.1, -0.05) is 30.3 Å². The first-order valence-electron chi connectivity index (χ1n) is 8.26. The summed E-state index contributed by atoms with van der Waals surface area (Å²) in [6.45, 7) is -1.25. The lowest BCUT2D eigenvalue weighted by Gasteiger charge is -2.22. The van der Waals surface area contributed by atoms with E-state index in [9.17, 15) is 35.9 Å². The number of aromatic nitrogens is 1. The Labute approximate surface area is 164 Å². The maximum absolute atomic E-state index is 13.8. The van der Waals surface area contributed by atoms with Crippen LogP contribution in [-0.4, -0.2) is 49.8 Å². The van der Waals surface area contributed by atoms with E-state index < -0.39 is 46.5 Å². The fourth-order valence-electron chi connectivity index (χ4n) is 2.48. The van der Waals surface area contributed by atoms with Crippen molar-refractivity contribution in [3.8, 4) is 11.1 Å². The summed E-state index contributed by atoms with van der Waals surface area (Å²) in [5.74, 6) is -1.69. The first-order valence-corrected chi connectivity index (χ1v) is 10.2. The Hall–Kier alpha value is -2.53. The number of halogens is 4. The molecule has 158 valence electrons. The summed E-state index contributed by atoms with van der Waals surface area (Å²) in [5.41, 5.74) is -1.23. The molecule has 1 unspecified atom stereocenters. The summed E-state index contributed by atoms with van der Waals surface area (Å²) in [6.07, 6.45) is -2.86. The zero-order valence-corrected chi connectivity index (χ0v) is 15.9. The van der Waals surface area contributed by atoms with E-state index in [1.807, 2.05) is 0 Å². The van der Waals surface area contributed by atoms with Crippen LogP contribution in [0.4, 0.5) is 17.6 Å². The molecule has 0 radical (unpaired) electrons. The van der Waals surface area contributed by atoms with Gasteiger partial charge in [0.25, 0.3) is 5.91 Å². The quantitative estimate of drug-likeness (QED) is 0.623. The standard InChI is InChI=1S/C18H18F4N2O4S/c1-29(27,28)17(22)13-7-6-12(9-23-13)10-2-4-11(5-3-10)15(25)14(8-19)24-18(26)16(20)21/h2-7,9,14-17,25H,8H2,1H3,(H,24,26)/t14-,15+,17?/m1/s1. The van der Waals surface area contributed by atoms with E-state index >= 15 is 0 Å².